The first-order valence-corrected chi connectivity index (χ1v) is 14.2. The van der Waals surface area contributed by atoms with Gasteiger partial charge in [-0.3, -0.25) is 9.69 Å². The van der Waals surface area contributed by atoms with Crippen molar-refractivity contribution >= 4 is 11.8 Å². The zero-order valence-electron chi connectivity index (χ0n) is 23.0. The van der Waals surface area contributed by atoms with Crippen LogP contribution < -0.4 is 14.8 Å². The molecule has 1 aromatic carbocycles. The smallest absolute Gasteiger partial charge is 0.325 e. The Morgan fingerprint density at radius 1 is 1.28 bits per heavy atom. The molecule has 1 saturated heterocycles. The minimum atomic E-state index is -1.01. The number of pyridine rings is 1. The second kappa shape index (κ2) is 12.1. The van der Waals surface area contributed by atoms with Gasteiger partial charge in [-0.2, -0.15) is 0 Å². The van der Waals surface area contributed by atoms with Gasteiger partial charge >= 0.3 is 5.97 Å². The van der Waals surface area contributed by atoms with Crippen LogP contribution in [0.1, 0.15) is 68.3 Å². The summed E-state index contributed by atoms with van der Waals surface area (Å²) in [4.78, 5) is 19.0. The second-order valence-electron chi connectivity index (χ2n) is 11.4. The number of fused-ring (bicyclic) bond motifs is 1. The van der Waals surface area contributed by atoms with Crippen LogP contribution in [0.4, 0.5) is 10.2 Å². The van der Waals surface area contributed by atoms with Crippen molar-refractivity contribution in [3.8, 4) is 11.5 Å². The highest BCUT2D eigenvalue weighted by atomic mass is 19.1. The van der Waals surface area contributed by atoms with E-state index in [0.29, 0.717) is 37.6 Å². The first kappa shape index (κ1) is 27.6. The summed E-state index contributed by atoms with van der Waals surface area (Å²) in [6, 6.07) is 5.25. The van der Waals surface area contributed by atoms with Crippen LogP contribution >= 0.6 is 0 Å². The number of aromatic nitrogens is 1. The fourth-order valence-corrected chi connectivity index (χ4v) is 5.51. The van der Waals surface area contributed by atoms with Crippen LogP contribution in [0.3, 0.4) is 0 Å². The number of hydrogen-bond acceptors (Lipinski definition) is 7. The number of ether oxygens (including phenoxy) is 3. The molecule has 5 rings (SSSR count). The first-order valence-electron chi connectivity index (χ1n) is 14.2. The molecule has 212 valence electrons. The van der Waals surface area contributed by atoms with Crippen molar-refractivity contribution in [3.63, 3.8) is 0 Å². The SMILES string of the molecule is COc1cc(CCCCO[C@@H]2CCN([C@@H](C(=O)O)c3cc(F)ccc3OCC3(C)CC3)C2)nc2c1CCCN2. The lowest BCUT2D eigenvalue weighted by molar-refractivity contribution is -0.143. The molecule has 9 heteroatoms. The molecule has 1 aromatic heterocycles. The molecule has 0 unspecified atom stereocenters. The topological polar surface area (TPSA) is 93.2 Å². The molecule has 39 heavy (non-hydrogen) atoms. The van der Waals surface area contributed by atoms with Gasteiger partial charge in [-0.1, -0.05) is 6.92 Å². The Kier molecular flexibility index (Phi) is 8.57. The van der Waals surface area contributed by atoms with Crippen LogP contribution in [0.15, 0.2) is 24.3 Å². The van der Waals surface area contributed by atoms with E-state index in [1.165, 1.54) is 12.1 Å². The van der Waals surface area contributed by atoms with Gasteiger partial charge in [0.1, 0.15) is 29.2 Å². The summed E-state index contributed by atoms with van der Waals surface area (Å²) in [6.45, 7) is 5.25. The predicted molar refractivity (Wildman–Crippen MR) is 146 cm³/mol. The Labute approximate surface area is 229 Å². The molecule has 2 aliphatic heterocycles. The first-order chi connectivity index (χ1) is 18.8. The minimum absolute atomic E-state index is 0.0543. The number of benzene rings is 1. The molecule has 3 aliphatic rings. The highest BCUT2D eigenvalue weighted by Crippen LogP contribution is 2.45. The molecule has 0 bridgehead atoms. The van der Waals surface area contributed by atoms with Gasteiger partial charge in [-0.05, 0) is 69.6 Å². The molecule has 1 aliphatic carbocycles. The number of halogens is 1. The van der Waals surface area contributed by atoms with Crippen molar-refractivity contribution < 1.29 is 28.5 Å². The molecule has 2 aromatic rings. The van der Waals surface area contributed by atoms with E-state index in [0.717, 1.165) is 80.7 Å². The lowest BCUT2D eigenvalue weighted by Gasteiger charge is -2.26. The molecule has 0 amide bonds. The van der Waals surface area contributed by atoms with Crippen molar-refractivity contribution in [1.29, 1.82) is 0 Å². The van der Waals surface area contributed by atoms with Gasteiger partial charge in [-0.15, -0.1) is 0 Å². The largest absolute Gasteiger partial charge is 0.496 e. The van der Waals surface area contributed by atoms with Crippen molar-refractivity contribution in [3.05, 3.63) is 46.9 Å². The Hall–Kier alpha value is -2.91. The van der Waals surface area contributed by atoms with E-state index in [2.05, 4.69) is 12.2 Å². The Balaban J connectivity index is 1.12. The molecular formula is C30H40FN3O5. The number of nitrogens with one attached hydrogen (secondary N) is 1. The van der Waals surface area contributed by atoms with E-state index < -0.39 is 17.8 Å². The highest BCUT2D eigenvalue weighted by Gasteiger charge is 2.39. The average Bonchev–Trinajstić information content (AvgIpc) is 3.49. The molecule has 0 radical (unpaired) electrons. The Bertz CT molecular complexity index is 1150. The molecule has 3 heterocycles. The van der Waals surface area contributed by atoms with E-state index in [-0.39, 0.29) is 11.5 Å². The van der Waals surface area contributed by atoms with Gasteiger partial charge in [0, 0.05) is 54.5 Å². The number of aryl methyl sites for hydroxylation is 1. The van der Waals surface area contributed by atoms with Crippen molar-refractivity contribution in [1.82, 2.24) is 9.88 Å². The average molecular weight is 542 g/mol. The quantitative estimate of drug-likeness (QED) is 0.342. The summed E-state index contributed by atoms with van der Waals surface area (Å²) < 4.78 is 31.9. The molecular weight excluding hydrogens is 501 g/mol. The van der Waals surface area contributed by atoms with Gasteiger partial charge in [-0.25, -0.2) is 9.37 Å². The van der Waals surface area contributed by atoms with Crippen LogP contribution in [0.25, 0.3) is 0 Å². The number of carboxylic acids is 1. The van der Waals surface area contributed by atoms with E-state index in [4.69, 9.17) is 19.2 Å². The number of anilines is 1. The van der Waals surface area contributed by atoms with Crippen molar-refractivity contribution in [2.24, 2.45) is 5.41 Å². The number of nitrogens with zero attached hydrogens (tertiary/aromatic N) is 2. The molecule has 2 N–H and O–H groups in total. The fraction of sp³-hybridized carbons (Fsp3) is 0.600. The van der Waals surface area contributed by atoms with Crippen molar-refractivity contribution in [2.45, 2.75) is 70.4 Å². The zero-order chi connectivity index (χ0) is 27.4. The minimum Gasteiger partial charge on any atom is -0.496 e. The van der Waals surface area contributed by atoms with Gasteiger partial charge in [0.15, 0.2) is 0 Å². The van der Waals surface area contributed by atoms with E-state index in [9.17, 15) is 14.3 Å². The van der Waals surface area contributed by atoms with Gasteiger partial charge in [0.25, 0.3) is 0 Å². The number of carbonyl (C=O) groups is 1. The standard InChI is InChI=1S/C30H40FN3O5/c1-30(11-12-30)19-39-25-9-8-20(31)16-24(25)27(29(35)36)34-14-10-22(18-34)38-15-4-3-6-21-17-26(37-2)23-7-5-13-32-28(23)33-21/h8-9,16-17,22,27H,3-7,10-15,18-19H2,1-2H3,(H,32,33)(H,35,36)/t22-,27-/m1/s1. The highest BCUT2D eigenvalue weighted by molar-refractivity contribution is 5.77. The number of carboxylic acid groups (broad SMARTS) is 1. The van der Waals surface area contributed by atoms with Gasteiger partial charge in [0.2, 0.25) is 0 Å². The number of likely N-dealkylation sites (tertiary alicyclic amines) is 1. The predicted octanol–water partition coefficient (Wildman–Crippen LogP) is 5.01. The Morgan fingerprint density at radius 2 is 2.13 bits per heavy atom. The summed E-state index contributed by atoms with van der Waals surface area (Å²) in [6.07, 6.45) is 7.60. The molecule has 0 spiro atoms. The maximum atomic E-state index is 14.2. The normalized spacial score (nSPS) is 20.6. The van der Waals surface area contributed by atoms with E-state index in [1.807, 2.05) is 11.0 Å². The summed E-state index contributed by atoms with van der Waals surface area (Å²) in [5.41, 5.74) is 2.68. The van der Waals surface area contributed by atoms with E-state index in [1.54, 1.807) is 13.2 Å². The number of unbranched alkanes of at least 4 members (excludes halogenated alkanes) is 1. The maximum Gasteiger partial charge on any atom is 0.325 e. The van der Waals surface area contributed by atoms with Crippen LogP contribution in [-0.4, -0.2) is 67.0 Å². The van der Waals surface area contributed by atoms with Crippen LogP contribution in [0, 0.1) is 11.2 Å². The van der Waals surface area contributed by atoms with Gasteiger partial charge in [0.05, 0.1) is 19.8 Å². The van der Waals surface area contributed by atoms with E-state index >= 15 is 0 Å². The third-order valence-corrected chi connectivity index (χ3v) is 8.15. The monoisotopic (exact) mass is 541 g/mol. The number of aliphatic carboxylic acids is 1. The fourth-order valence-electron chi connectivity index (χ4n) is 5.51. The van der Waals surface area contributed by atoms with Crippen LogP contribution in [0.5, 0.6) is 11.5 Å². The van der Waals surface area contributed by atoms with Crippen LogP contribution in [0.2, 0.25) is 0 Å². The number of methoxy groups -OCH3 is 1. The second-order valence-corrected chi connectivity index (χ2v) is 11.4. The summed E-state index contributed by atoms with van der Waals surface area (Å²) >= 11 is 0. The lowest BCUT2D eigenvalue weighted by Crippen LogP contribution is -2.34. The Morgan fingerprint density at radius 3 is 2.90 bits per heavy atom. The maximum absolute atomic E-state index is 14.2. The molecule has 8 nitrogen and oxygen atoms in total. The van der Waals surface area contributed by atoms with Gasteiger partial charge < -0.3 is 24.6 Å². The zero-order valence-corrected chi connectivity index (χ0v) is 23.0. The number of rotatable bonds is 13. The molecule has 1 saturated carbocycles. The third kappa shape index (κ3) is 6.81. The summed E-state index contributed by atoms with van der Waals surface area (Å²) in [7, 11) is 1.71. The summed E-state index contributed by atoms with van der Waals surface area (Å²) in [5, 5.41) is 13.5. The summed E-state index contributed by atoms with van der Waals surface area (Å²) in [5.74, 6) is 0.829. The van der Waals surface area contributed by atoms with Crippen molar-refractivity contribution in [2.75, 3.05) is 45.3 Å². The molecule has 2 atom stereocenters. The third-order valence-electron chi connectivity index (χ3n) is 8.15. The number of hydrogen-bond donors (Lipinski definition) is 2. The lowest BCUT2D eigenvalue weighted by atomic mass is 10.0. The molecule has 2 fully saturated rings. The van der Waals surface area contributed by atoms with Crippen LogP contribution in [-0.2, 0) is 22.4 Å².